The van der Waals surface area contributed by atoms with Gasteiger partial charge in [0.2, 0.25) is 0 Å². The fraction of sp³-hybridized carbons (Fsp3) is 0. The highest BCUT2D eigenvalue weighted by atomic mass is 35.5. The molecule has 1 aromatic carbocycles. The van der Waals surface area contributed by atoms with Crippen molar-refractivity contribution in [3.63, 3.8) is 0 Å². The number of carbonyl (C=O) groups excluding carboxylic acids is 1. The average Bonchev–Trinajstić information content (AvgIpc) is 2.98. The molecule has 3 heterocycles. The quantitative estimate of drug-likeness (QED) is 0.578. The van der Waals surface area contributed by atoms with Crippen LogP contribution in [0.1, 0.15) is 10.4 Å². The van der Waals surface area contributed by atoms with Crippen molar-refractivity contribution in [2.45, 2.75) is 0 Å². The van der Waals surface area contributed by atoms with Crippen LogP contribution in [0.25, 0.3) is 16.8 Å². The summed E-state index contributed by atoms with van der Waals surface area (Å²) in [6.07, 6.45) is 3.40. The lowest BCUT2D eigenvalue weighted by Gasteiger charge is -2.10. The van der Waals surface area contributed by atoms with Crippen LogP contribution in [0.5, 0.6) is 0 Å². The number of hydrogen-bond donors (Lipinski definition) is 2. The van der Waals surface area contributed by atoms with E-state index in [1.54, 1.807) is 47.2 Å². The predicted octanol–water partition coefficient (Wildman–Crippen LogP) is 3.88. The highest BCUT2D eigenvalue weighted by Gasteiger charge is 2.19. The van der Waals surface area contributed by atoms with Gasteiger partial charge in [-0.25, -0.2) is 4.52 Å². The Morgan fingerprint density at radius 1 is 1.12 bits per heavy atom. The molecule has 1 amide bonds. The first-order valence-corrected chi connectivity index (χ1v) is 8.26. The van der Waals surface area contributed by atoms with E-state index in [2.05, 4.69) is 15.4 Å². The molecule has 7 heteroatoms. The van der Waals surface area contributed by atoms with Crippen molar-refractivity contribution in [2.24, 2.45) is 0 Å². The van der Waals surface area contributed by atoms with Crippen molar-refractivity contribution in [1.29, 1.82) is 0 Å². The van der Waals surface area contributed by atoms with Gasteiger partial charge in [0, 0.05) is 23.0 Å². The van der Waals surface area contributed by atoms with Gasteiger partial charge in [0.05, 0.1) is 16.9 Å². The Kier molecular flexibility index (Phi) is 4.02. The van der Waals surface area contributed by atoms with E-state index in [4.69, 9.17) is 17.3 Å². The second-order valence-electron chi connectivity index (χ2n) is 5.65. The molecule has 0 unspecified atom stereocenters. The third-order valence-electron chi connectivity index (χ3n) is 3.95. The van der Waals surface area contributed by atoms with Crippen LogP contribution >= 0.6 is 11.6 Å². The molecule has 0 spiro atoms. The number of hydrogen-bond acceptors (Lipinski definition) is 4. The van der Waals surface area contributed by atoms with E-state index in [1.807, 2.05) is 24.3 Å². The standard InChI is InChI=1S/C19H14ClN5O/c20-13-6-3-5-12(11-13)17-14(7-4-9-22-17)23-19(26)16-15-8-1-2-10-25(15)24-18(16)21/h1-11H,(H2,21,24)(H,23,26). The largest absolute Gasteiger partial charge is 0.382 e. The molecule has 4 rings (SSSR count). The van der Waals surface area contributed by atoms with Crippen molar-refractivity contribution in [2.75, 3.05) is 11.1 Å². The van der Waals surface area contributed by atoms with Crippen molar-refractivity contribution in [3.05, 3.63) is 77.6 Å². The first kappa shape index (κ1) is 16.1. The van der Waals surface area contributed by atoms with Gasteiger partial charge in [-0.1, -0.05) is 29.8 Å². The van der Waals surface area contributed by atoms with Gasteiger partial charge in [-0.3, -0.25) is 9.78 Å². The number of fused-ring (bicyclic) bond motifs is 1. The van der Waals surface area contributed by atoms with Crippen LogP contribution in [0.2, 0.25) is 5.02 Å². The van der Waals surface area contributed by atoms with Crippen molar-refractivity contribution in [1.82, 2.24) is 14.6 Å². The smallest absolute Gasteiger partial charge is 0.261 e. The van der Waals surface area contributed by atoms with Crippen LogP contribution < -0.4 is 11.1 Å². The molecule has 0 aliphatic heterocycles. The predicted molar refractivity (Wildman–Crippen MR) is 102 cm³/mol. The van der Waals surface area contributed by atoms with E-state index in [9.17, 15) is 4.79 Å². The maximum absolute atomic E-state index is 12.9. The lowest BCUT2D eigenvalue weighted by atomic mass is 10.1. The van der Waals surface area contributed by atoms with Gasteiger partial charge < -0.3 is 11.1 Å². The second-order valence-corrected chi connectivity index (χ2v) is 6.09. The Balaban J connectivity index is 1.74. The molecule has 26 heavy (non-hydrogen) atoms. The molecule has 4 aromatic rings. The summed E-state index contributed by atoms with van der Waals surface area (Å²) < 4.78 is 1.57. The molecule has 0 bridgehead atoms. The van der Waals surface area contributed by atoms with Crippen LogP contribution in [-0.2, 0) is 0 Å². The van der Waals surface area contributed by atoms with Crippen molar-refractivity contribution >= 4 is 34.5 Å². The third kappa shape index (κ3) is 2.87. The molecule has 0 saturated carbocycles. The number of rotatable bonds is 3. The molecule has 6 nitrogen and oxygen atoms in total. The Hall–Kier alpha value is -3.38. The van der Waals surface area contributed by atoms with E-state index < -0.39 is 0 Å². The molecule has 0 fully saturated rings. The van der Waals surface area contributed by atoms with Crippen LogP contribution in [-0.4, -0.2) is 20.5 Å². The lowest BCUT2D eigenvalue weighted by molar-refractivity contribution is 0.102. The van der Waals surface area contributed by atoms with Gasteiger partial charge in [0.1, 0.15) is 5.56 Å². The van der Waals surface area contributed by atoms with E-state index in [0.29, 0.717) is 27.5 Å². The molecule has 3 aromatic heterocycles. The molecule has 0 saturated heterocycles. The fourth-order valence-electron chi connectivity index (χ4n) is 2.81. The van der Waals surface area contributed by atoms with Crippen LogP contribution in [0.15, 0.2) is 67.0 Å². The molecule has 0 atom stereocenters. The SMILES string of the molecule is Nc1nn2ccccc2c1C(=O)Nc1cccnc1-c1cccc(Cl)c1. The third-order valence-corrected chi connectivity index (χ3v) is 4.18. The highest BCUT2D eigenvalue weighted by molar-refractivity contribution is 6.30. The highest BCUT2D eigenvalue weighted by Crippen LogP contribution is 2.28. The van der Waals surface area contributed by atoms with Gasteiger partial charge in [0.15, 0.2) is 5.82 Å². The minimum atomic E-state index is -0.347. The Morgan fingerprint density at radius 2 is 2.00 bits per heavy atom. The Labute approximate surface area is 154 Å². The number of halogens is 1. The number of carbonyl (C=O) groups is 1. The average molecular weight is 364 g/mol. The second kappa shape index (κ2) is 6.50. The number of amides is 1. The lowest BCUT2D eigenvalue weighted by Crippen LogP contribution is -2.14. The summed E-state index contributed by atoms with van der Waals surface area (Å²) in [5, 5.41) is 7.65. The Morgan fingerprint density at radius 3 is 2.85 bits per heavy atom. The fourth-order valence-corrected chi connectivity index (χ4v) is 3.00. The number of anilines is 2. The number of nitrogens with one attached hydrogen (secondary N) is 1. The van der Waals surface area contributed by atoms with Crippen LogP contribution in [0, 0.1) is 0 Å². The molecule has 0 aliphatic carbocycles. The number of pyridine rings is 2. The minimum Gasteiger partial charge on any atom is -0.382 e. The van der Waals surface area contributed by atoms with E-state index >= 15 is 0 Å². The first-order valence-electron chi connectivity index (χ1n) is 7.88. The normalized spacial score (nSPS) is 10.8. The molecular weight excluding hydrogens is 350 g/mol. The van der Waals surface area contributed by atoms with E-state index in [1.165, 1.54) is 0 Å². The van der Waals surface area contributed by atoms with Crippen LogP contribution in [0.3, 0.4) is 0 Å². The van der Waals surface area contributed by atoms with Gasteiger partial charge in [-0.15, -0.1) is 5.10 Å². The zero-order valence-electron chi connectivity index (χ0n) is 13.6. The van der Waals surface area contributed by atoms with Crippen molar-refractivity contribution < 1.29 is 4.79 Å². The summed E-state index contributed by atoms with van der Waals surface area (Å²) in [6.45, 7) is 0. The number of aromatic nitrogens is 3. The number of nitrogens with zero attached hydrogens (tertiary/aromatic N) is 3. The summed E-state index contributed by atoms with van der Waals surface area (Å²) in [6, 6.07) is 16.3. The van der Waals surface area contributed by atoms with E-state index in [-0.39, 0.29) is 11.7 Å². The Bertz CT molecular complexity index is 1120. The summed E-state index contributed by atoms with van der Waals surface area (Å²) in [5.41, 5.74) is 8.91. The monoisotopic (exact) mass is 363 g/mol. The summed E-state index contributed by atoms with van der Waals surface area (Å²) in [7, 11) is 0. The maximum atomic E-state index is 12.9. The zero-order valence-corrected chi connectivity index (χ0v) is 14.3. The van der Waals surface area contributed by atoms with Gasteiger partial charge in [-0.05, 0) is 36.4 Å². The minimum absolute atomic E-state index is 0.168. The molecular formula is C19H14ClN5O. The molecule has 0 aliphatic rings. The maximum Gasteiger partial charge on any atom is 0.261 e. The number of nitrogens with two attached hydrogens (primary N) is 1. The van der Waals surface area contributed by atoms with E-state index in [0.717, 1.165) is 5.56 Å². The molecule has 128 valence electrons. The van der Waals surface area contributed by atoms with Crippen LogP contribution in [0.4, 0.5) is 11.5 Å². The van der Waals surface area contributed by atoms with Gasteiger partial charge >= 0.3 is 0 Å². The summed E-state index contributed by atoms with van der Waals surface area (Å²) in [4.78, 5) is 17.2. The molecule has 0 radical (unpaired) electrons. The van der Waals surface area contributed by atoms with Crippen molar-refractivity contribution in [3.8, 4) is 11.3 Å². The summed E-state index contributed by atoms with van der Waals surface area (Å²) >= 11 is 6.08. The first-order chi connectivity index (χ1) is 12.6. The molecule has 3 N–H and O–H groups in total. The number of benzene rings is 1. The summed E-state index contributed by atoms with van der Waals surface area (Å²) in [5.74, 6) is -0.179. The number of nitrogen functional groups attached to an aromatic ring is 1. The van der Waals surface area contributed by atoms with Gasteiger partial charge in [0.25, 0.3) is 5.91 Å². The topological polar surface area (TPSA) is 85.3 Å². The zero-order chi connectivity index (χ0) is 18.1. The van der Waals surface area contributed by atoms with Gasteiger partial charge in [-0.2, -0.15) is 0 Å².